The number of hydrogen-bond acceptors (Lipinski definition) is 21. The Bertz CT molecular complexity index is 5810. The number of nitrogens with two attached hydrogens (primary N) is 1. The van der Waals surface area contributed by atoms with Crippen LogP contribution in [0.3, 0.4) is 0 Å². The van der Waals surface area contributed by atoms with Gasteiger partial charge in [0.2, 0.25) is 0 Å². The molecule has 14 aromatic rings. The zero-order chi connectivity index (χ0) is 87.1. The second-order valence-electron chi connectivity index (χ2n) is 25.3. The van der Waals surface area contributed by atoms with Gasteiger partial charge in [0.1, 0.15) is 50.5 Å². The fourth-order valence-electron chi connectivity index (χ4n) is 12.2. The molecule has 0 atom stereocenters. The van der Waals surface area contributed by atoms with Crippen LogP contribution in [0.4, 0.5) is 10.6 Å². The minimum atomic E-state index is -3.22. The quantitative estimate of drug-likeness (QED) is 0.0251. The monoisotopic (exact) mass is 1760 g/mol. The summed E-state index contributed by atoms with van der Waals surface area (Å²) in [7, 11) is 12.7. The Morgan fingerprint density at radius 3 is 1.24 bits per heavy atom. The van der Waals surface area contributed by atoms with E-state index in [1.807, 2.05) is 231 Å². The number of H-pyrrole nitrogens is 1. The lowest BCUT2D eigenvalue weighted by Gasteiger charge is -2.18. The van der Waals surface area contributed by atoms with Gasteiger partial charge < -0.3 is 53.5 Å². The molecule has 1 aliphatic heterocycles. The van der Waals surface area contributed by atoms with Gasteiger partial charge in [-0.15, -0.1) is 0 Å². The van der Waals surface area contributed by atoms with E-state index in [4.69, 9.17) is 63.1 Å². The summed E-state index contributed by atoms with van der Waals surface area (Å²) in [6.07, 6.45) is -0.132. The van der Waals surface area contributed by atoms with Crippen molar-refractivity contribution < 1.29 is 76.3 Å². The van der Waals surface area contributed by atoms with Crippen LogP contribution in [0.15, 0.2) is 285 Å². The van der Waals surface area contributed by atoms with Gasteiger partial charge in [-0.3, -0.25) is 28.8 Å². The minimum Gasteiger partial charge on any atom is -0.511 e. The van der Waals surface area contributed by atoms with E-state index in [2.05, 4.69) is 67.6 Å². The van der Waals surface area contributed by atoms with E-state index in [0.29, 0.717) is 62.1 Å². The number of esters is 3. The number of fused-ring (bicyclic) bond motifs is 2. The number of nitrogens with zero attached hydrogens (tertiary/aromatic N) is 6. The molecule has 0 bridgehead atoms. The van der Waals surface area contributed by atoms with Crippen LogP contribution >= 0.6 is 62.1 Å². The Labute approximate surface area is 729 Å². The van der Waals surface area contributed by atoms with Gasteiger partial charge in [-0.2, -0.15) is 20.0 Å². The summed E-state index contributed by atoms with van der Waals surface area (Å²) in [6, 6.07) is 88.3. The molecule has 4 N–H and O–H groups in total. The van der Waals surface area contributed by atoms with Crippen molar-refractivity contribution in [2.45, 2.75) is 26.2 Å². The summed E-state index contributed by atoms with van der Waals surface area (Å²) < 4.78 is 54.8. The van der Waals surface area contributed by atoms with Crippen molar-refractivity contribution in [1.29, 1.82) is 0 Å². The normalized spacial score (nSPS) is 10.9. The Balaban J connectivity index is 0.000000189. The van der Waals surface area contributed by atoms with Gasteiger partial charge in [0.15, 0.2) is 17.4 Å². The van der Waals surface area contributed by atoms with Crippen LogP contribution < -0.4 is 24.7 Å². The molecular weight excluding hydrogens is 1680 g/mol. The first-order chi connectivity index (χ1) is 58.4. The molecule has 0 spiro atoms. The zero-order valence-electron chi connectivity index (χ0n) is 66.7. The number of hydrogen-bond donors (Lipinski definition) is 3. The lowest BCUT2D eigenvalue weighted by Crippen LogP contribution is -2.24. The highest BCUT2D eigenvalue weighted by atomic mass is 36.0. The van der Waals surface area contributed by atoms with E-state index in [1.165, 1.54) is 47.3 Å². The summed E-state index contributed by atoms with van der Waals surface area (Å²) in [5.41, 5.74) is 22.2. The lowest BCUT2D eigenvalue weighted by molar-refractivity contribution is -0.154. The number of halogens is 5. The summed E-state index contributed by atoms with van der Waals surface area (Å²) in [5.74, 6) is 0.495. The molecule has 0 fully saturated rings. The van der Waals surface area contributed by atoms with Crippen molar-refractivity contribution in [3.8, 4) is 101 Å². The molecule has 0 saturated carbocycles. The number of aliphatic hydroxyl groups is 1. The molecule has 122 heavy (non-hydrogen) atoms. The Hall–Kier alpha value is -13.2. The molecule has 630 valence electrons. The predicted octanol–water partition coefficient (Wildman–Crippen LogP) is 22.1. The number of methoxy groups -OCH3 is 9. The number of aromatic nitrogens is 7. The van der Waals surface area contributed by atoms with Gasteiger partial charge in [0, 0.05) is 28.7 Å². The van der Waals surface area contributed by atoms with E-state index in [0.717, 1.165) is 89.8 Å². The van der Waals surface area contributed by atoms with E-state index in [1.54, 1.807) is 74.4 Å². The van der Waals surface area contributed by atoms with Crippen LogP contribution in [0.1, 0.15) is 40.5 Å². The van der Waals surface area contributed by atoms with E-state index >= 15 is 0 Å². The number of nitrogen functional groups attached to an aromatic ring is 1. The summed E-state index contributed by atoms with van der Waals surface area (Å²) in [5, 5.41) is 25.1. The van der Waals surface area contributed by atoms with Gasteiger partial charge in [-0.25, -0.2) is 14.3 Å². The average molecular weight is 1770 g/mol. The third-order valence-electron chi connectivity index (χ3n) is 18.0. The van der Waals surface area contributed by atoms with Crippen LogP contribution in [-0.4, -0.2) is 134 Å². The Morgan fingerprint density at radius 2 is 0.836 bits per heavy atom. The van der Waals surface area contributed by atoms with Crippen LogP contribution in [-0.2, 0) is 55.5 Å². The van der Waals surface area contributed by atoms with Gasteiger partial charge >= 0.3 is 29.3 Å². The topological polar surface area (TPSA) is 308 Å². The third kappa shape index (κ3) is 25.2. The summed E-state index contributed by atoms with van der Waals surface area (Å²) in [4.78, 5) is 61.8. The third-order valence-corrected chi connectivity index (χ3v) is 18.6. The molecular formula is C92H86Cl5N8O16P. The molecule has 4 aromatic heterocycles. The summed E-state index contributed by atoms with van der Waals surface area (Å²) >= 11 is 27.4. The number of rotatable bonds is 17. The van der Waals surface area contributed by atoms with Crippen LogP contribution in [0, 0.1) is 0 Å². The number of aromatic amines is 1. The van der Waals surface area contributed by atoms with Gasteiger partial charge in [0.25, 0.3) is 5.91 Å². The van der Waals surface area contributed by atoms with Crippen molar-refractivity contribution in [3.63, 3.8) is 0 Å². The standard InChI is InChI=1S/C26H20N2O3.C25H17Cl2N3O.C15H13N3.C12H14O5.C10H12O3.C3H6O3.CH4.Cl3OP/c1-31-20-14-12-18(13-15-20)24-22(29)16-21-23(17-8-4-2-5-9-17)25(27-28(21)26(24)30)19-10-6-3-7-11-19;1-31-19-14-12-17(13-15-19)21-23(26)28-25-20(16-8-4-2-5-9-16)22(29-30(25)24(21)27)18-10-6-3-7-11-18;16-15-13(11-7-3-1-4-8-11)14(17-18-15)12-9-5-2-6-10-12;1-15-9-6-4-8(5-7-9)10(11(13)16-2)12(14)17-3;1-12-9-5-3-8(4-6-9)7-10(11)13-2;1-5-3(4)6-2;;1-5(2,3)4/h2-15,29H,16H2,1H3;2-15H,1H3;1-10H,(H3,16,17,18);4-7,10H,1-3H3;3-6H,7H2,1-2H3;1-2H3;1H4;. The number of carbonyl (C=O) groups is 5. The highest BCUT2D eigenvalue weighted by Crippen LogP contribution is 2.61. The molecule has 1 aliphatic rings. The number of aliphatic hydroxyl groups excluding tert-OH is 1. The van der Waals surface area contributed by atoms with E-state index < -0.39 is 29.2 Å². The maximum Gasteiger partial charge on any atom is 0.507 e. The molecule has 0 amide bonds. The zero-order valence-corrected chi connectivity index (χ0v) is 71.4. The molecule has 30 heteroatoms. The summed E-state index contributed by atoms with van der Waals surface area (Å²) in [6.45, 7) is 0. The van der Waals surface area contributed by atoms with E-state index in [9.17, 15) is 33.6 Å². The van der Waals surface area contributed by atoms with Crippen molar-refractivity contribution >= 4 is 109 Å². The number of ether oxygens (including phenoxy) is 9. The average Bonchev–Trinajstić information content (AvgIpc) is 1.59. The van der Waals surface area contributed by atoms with Crippen LogP contribution in [0.25, 0.3) is 89.5 Å². The minimum absolute atomic E-state index is 0. The lowest BCUT2D eigenvalue weighted by atomic mass is 9.93. The maximum atomic E-state index is 13.5. The smallest absolute Gasteiger partial charge is 0.507 e. The first kappa shape index (κ1) is 94.3. The second-order valence-corrected chi connectivity index (χ2v) is 32.7. The molecule has 0 unspecified atom stereocenters. The highest BCUT2D eigenvalue weighted by Gasteiger charge is 2.34. The predicted molar refractivity (Wildman–Crippen MR) is 480 cm³/mol. The number of carbonyl (C=O) groups excluding carboxylic acids is 5. The van der Waals surface area contributed by atoms with Gasteiger partial charge in [-0.1, -0.05) is 261 Å². The van der Waals surface area contributed by atoms with Gasteiger partial charge in [0.05, 0.1) is 104 Å². The number of nitrogens with one attached hydrogen (secondary N) is 1. The Morgan fingerprint density at radius 1 is 0.467 bits per heavy atom. The van der Waals surface area contributed by atoms with Crippen molar-refractivity contribution in [2.75, 3.05) is 69.7 Å². The van der Waals surface area contributed by atoms with Crippen molar-refractivity contribution in [3.05, 3.63) is 318 Å². The number of allylic oxidation sites excluding steroid dienone is 2. The number of anilines is 1. The molecule has 24 nitrogen and oxygen atoms in total. The van der Waals surface area contributed by atoms with Gasteiger partial charge in [-0.05, 0) is 121 Å². The highest BCUT2D eigenvalue weighted by molar-refractivity contribution is 8.24. The van der Waals surface area contributed by atoms with Crippen LogP contribution in [0.2, 0.25) is 10.3 Å². The van der Waals surface area contributed by atoms with E-state index in [-0.39, 0.29) is 37.1 Å². The number of benzene rings is 10. The Kier molecular flexibility index (Phi) is 35.9. The fraction of sp³-hybridized carbons (Fsp3) is 0.141. The second kappa shape index (κ2) is 46.4. The molecule has 0 aliphatic carbocycles. The molecule has 0 saturated heterocycles. The van der Waals surface area contributed by atoms with Crippen LogP contribution in [0.5, 0.6) is 23.0 Å². The molecule has 15 rings (SSSR count). The maximum absolute atomic E-state index is 13.5. The molecule has 5 heterocycles. The first-order valence-corrected chi connectivity index (χ1v) is 41.7. The SMILES string of the molecule is C.COC(=O)C(C(=O)OC)c1ccc(OC)cc1.COC(=O)Cc1ccc(OC)cc1.COC(=O)OC.COc1ccc(-c2c(Cl)nc3c(-c4ccccc4)c(-c4ccccc4)nn3c2Cl)cc1.COc1ccc(C2=C(O)Cc3c(-c4ccccc4)c(-c4ccccc4)nn3C2=O)cc1.Nc1n[nH]c(-c2ccccc2)c1-c1ccccc1.O=P(Cl)(Cl)Cl. The van der Waals surface area contributed by atoms with Crippen molar-refractivity contribution in [2.24, 2.45) is 0 Å². The fourth-order valence-corrected chi connectivity index (χ4v) is 12.8. The first-order valence-electron chi connectivity index (χ1n) is 36.5. The van der Waals surface area contributed by atoms with Crippen molar-refractivity contribution in [1.82, 2.24) is 34.6 Å². The molecule has 10 aromatic carbocycles. The molecule has 0 radical (unpaired) electrons. The largest absolute Gasteiger partial charge is 0.511 e.